The van der Waals surface area contributed by atoms with E-state index in [0.29, 0.717) is 18.3 Å². The number of hydrogen-bond acceptors (Lipinski definition) is 6. The molecule has 3 rings (SSSR count). The number of amides is 2. The molecule has 0 aliphatic carbocycles. The maximum Gasteiger partial charge on any atom is 0.290 e. The number of nitrogens with one attached hydrogen (secondary N) is 1. The van der Waals surface area contributed by atoms with Crippen LogP contribution in [0.25, 0.3) is 0 Å². The van der Waals surface area contributed by atoms with E-state index in [9.17, 15) is 9.59 Å². The largest absolute Gasteiger partial charge is 0.459 e. The van der Waals surface area contributed by atoms with Gasteiger partial charge in [0.25, 0.3) is 5.91 Å². The van der Waals surface area contributed by atoms with E-state index in [0.717, 1.165) is 23.4 Å². The first-order chi connectivity index (χ1) is 12.0. The maximum atomic E-state index is 12.6. The van der Waals surface area contributed by atoms with Crippen molar-refractivity contribution >= 4 is 28.3 Å². The molecule has 25 heavy (non-hydrogen) atoms. The van der Waals surface area contributed by atoms with Gasteiger partial charge in [0.2, 0.25) is 5.91 Å². The van der Waals surface area contributed by atoms with Gasteiger partial charge in [0, 0.05) is 18.0 Å². The fourth-order valence-electron chi connectivity index (χ4n) is 2.67. The molecule has 0 saturated carbocycles. The summed E-state index contributed by atoms with van der Waals surface area (Å²) in [5.41, 5.74) is 0.892. The second-order valence-corrected chi connectivity index (χ2v) is 7.21. The first-order valence-corrected chi connectivity index (χ1v) is 9.03. The van der Waals surface area contributed by atoms with E-state index < -0.39 is 0 Å². The van der Waals surface area contributed by atoms with Crippen molar-refractivity contribution < 1.29 is 18.7 Å². The molecule has 2 aromatic heterocycles. The summed E-state index contributed by atoms with van der Waals surface area (Å²) in [4.78, 5) is 31.8. The molecule has 134 valence electrons. The molecule has 1 unspecified atom stereocenters. The van der Waals surface area contributed by atoms with E-state index in [2.05, 4.69) is 10.3 Å². The molecule has 0 spiro atoms. The molecule has 1 N–H and O–H groups in total. The minimum Gasteiger partial charge on any atom is -0.459 e. The number of carbonyl (C=O) groups excluding carboxylic acids is 2. The Morgan fingerprint density at radius 1 is 1.44 bits per heavy atom. The summed E-state index contributed by atoms with van der Waals surface area (Å²) in [5.74, 6) is -0.388. The van der Waals surface area contributed by atoms with Crippen LogP contribution in [-0.2, 0) is 9.53 Å². The smallest absolute Gasteiger partial charge is 0.290 e. The summed E-state index contributed by atoms with van der Waals surface area (Å²) in [6.45, 7) is 4.83. The summed E-state index contributed by atoms with van der Waals surface area (Å²) in [7, 11) is 0. The van der Waals surface area contributed by atoms with Gasteiger partial charge in [-0.2, -0.15) is 0 Å². The van der Waals surface area contributed by atoms with Gasteiger partial charge in [0.15, 0.2) is 10.9 Å². The SMILES string of the molecule is Cc1nc(NC(=O)CN(CC2CCCO2)C(=O)c2ccco2)sc1C. The average Bonchev–Trinajstić information content (AvgIpc) is 3.30. The molecule has 2 aromatic rings. The Hall–Kier alpha value is -2.19. The number of carbonyl (C=O) groups is 2. The summed E-state index contributed by atoms with van der Waals surface area (Å²) in [6.07, 6.45) is 3.25. The molecule has 0 radical (unpaired) electrons. The van der Waals surface area contributed by atoms with Gasteiger partial charge in [0.05, 0.1) is 18.1 Å². The number of aromatic nitrogens is 1. The van der Waals surface area contributed by atoms with Gasteiger partial charge in [-0.15, -0.1) is 11.3 Å². The molecule has 1 saturated heterocycles. The molecule has 8 heteroatoms. The number of nitrogens with zero attached hydrogens (tertiary/aromatic N) is 2. The van der Waals surface area contributed by atoms with Crippen molar-refractivity contribution in [1.29, 1.82) is 0 Å². The van der Waals surface area contributed by atoms with E-state index in [-0.39, 0.29) is 30.2 Å². The molecule has 1 atom stereocenters. The van der Waals surface area contributed by atoms with E-state index in [1.54, 1.807) is 12.1 Å². The van der Waals surface area contributed by atoms with Crippen LogP contribution in [0.2, 0.25) is 0 Å². The number of hydrogen-bond donors (Lipinski definition) is 1. The molecule has 3 heterocycles. The molecule has 1 aliphatic heterocycles. The third-order valence-corrected chi connectivity index (χ3v) is 5.06. The summed E-state index contributed by atoms with van der Waals surface area (Å²) in [6, 6.07) is 3.25. The Labute approximate surface area is 150 Å². The van der Waals surface area contributed by atoms with Crippen molar-refractivity contribution in [2.24, 2.45) is 0 Å². The minimum atomic E-state index is -0.317. The highest BCUT2D eigenvalue weighted by molar-refractivity contribution is 7.15. The number of ether oxygens (including phenoxy) is 1. The first-order valence-electron chi connectivity index (χ1n) is 8.21. The van der Waals surface area contributed by atoms with Crippen LogP contribution in [0.15, 0.2) is 22.8 Å². The van der Waals surface area contributed by atoms with Gasteiger partial charge in [-0.25, -0.2) is 4.98 Å². The lowest BCUT2D eigenvalue weighted by Crippen LogP contribution is -2.42. The number of thiazole rings is 1. The molecule has 7 nitrogen and oxygen atoms in total. The highest BCUT2D eigenvalue weighted by Gasteiger charge is 2.26. The third-order valence-electron chi connectivity index (χ3n) is 4.08. The number of aryl methyl sites for hydroxylation is 2. The van der Waals surface area contributed by atoms with Crippen molar-refractivity contribution in [3.05, 3.63) is 34.7 Å². The van der Waals surface area contributed by atoms with Gasteiger partial charge in [-0.3, -0.25) is 9.59 Å². The van der Waals surface area contributed by atoms with Gasteiger partial charge < -0.3 is 19.4 Å². The Bertz CT molecular complexity index is 716. The van der Waals surface area contributed by atoms with E-state index in [1.807, 2.05) is 13.8 Å². The van der Waals surface area contributed by atoms with Crippen LogP contribution < -0.4 is 5.32 Å². The van der Waals surface area contributed by atoms with Crippen molar-refractivity contribution in [2.45, 2.75) is 32.8 Å². The fraction of sp³-hybridized carbons (Fsp3) is 0.471. The van der Waals surface area contributed by atoms with Crippen molar-refractivity contribution in [3.8, 4) is 0 Å². The van der Waals surface area contributed by atoms with Crippen LogP contribution in [0.4, 0.5) is 5.13 Å². The van der Waals surface area contributed by atoms with Crippen LogP contribution in [0.1, 0.15) is 34.0 Å². The zero-order valence-corrected chi connectivity index (χ0v) is 15.1. The zero-order valence-electron chi connectivity index (χ0n) is 14.3. The minimum absolute atomic E-state index is 0.0453. The normalized spacial score (nSPS) is 16.8. The number of rotatable bonds is 6. The lowest BCUT2D eigenvalue weighted by Gasteiger charge is -2.23. The van der Waals surface area contributed by atoms with Crippen LogP contribution in [0.3, 0.4) is 0 Å². The molecule has 0 aromatic carbocycles. The van der Waals surface area contributed by atoms with Gasteiger partial charge in [0.1, 0.15) is 6.54 Å². The monoisotopic (exact) mass is 363 g/mol. The Kier molecular flexibility index (Phi) is 5.50. The van der Waals surface area contributed by atoms with E-state index >= 15 is 0 Å². The predicted molar refractivity (Wildman–Crippen MR) is 93.8 cm³/mol. The molecule has 2 amide bonds. The maximum absolute atomic E-state index is 12.6. The molecule has 1 aliphatic rings. The van der Waals surface area contributed by atoms with Gasteiger partial charge in [-0.1, -0.05) is 0 Å². The number of furan rings is 1. The first kappa shape index (κ1) is 17.6. The Balaban J connectivity index is 1.67. The lowest BCUT2D eigenvalue weighted by atomic mass is 10.2. The van der Waals surface area contributed by atoms with Gasteiger partial charge in [-0.05, 0) is 38.8 Å². The molecular weight excluding hydrogens is 342 g/mol. The van der Waals surface area contributed by atoms with Gasteiger partial charge >= 0.3 is 0 Å². The topological polar surface area (TPSA) is 84.7 Å². The zero-order chi connectivity index (χ0) is 17.8. The van der Waals surface area contributed by atoms with Crippen LogP contribution in [0.5, 0.6) is 0 Å². The van der Waals surface area contributed by atoms with Crippen LogP contribution >= 0.6 is 11.3 Å². The summed E-state index contributed by atoms with van der Waals surface area (Å²) < 4.78 is 10.8. The van der Waals surface area contributed by atoms with Crippen molar-refractivity contribution in [3.63, 3.8) is 0 Å². The average molecular weight is 363 g/mol. The Morgan fingerprint density at radius 3 is 2.88 bits per heavy atom. The second-order valence-electron chi connectivity index (χ2n) is 6.01. The van der Waals surface area contributed by atoms with E-state index in [4.69, 9.17) is 9.15 Å². The second kappa shape index (κ2) is 7.79. The van der Waals surface area contributed by atoms with Crippen LogP contribution in [0, 0.1) is 13.8 Å². The van der Waals surface area contributed by atoms with Crippen molar-refractivity contribution in [1.82, 2.24) is 9.88 Å². The highest BCUT2D eigenvalue weighted by atomic mass is 32.1. The fourth-order valence-corrected chi connectivity index (χ4v) is 3.50. The summed E-state index contributed by atoms with van der Waals surface area (Å²) in [5, 5.41) is 3.31. The standard InChI is InChI=1S/C17H21N3O4S/c1-11-12(2)25-17(18-11)19-15(21)10-20(9-13-5-3-7-23-13)16(22)14-6-4-8-24-14/h4,6,8,13H,3,5,7,9-10H2,1-2H3,(H,18,19,21). The quantitative estimate of drug-likeness (QED) is 0.853. The number of anilines is 1. The summed E-state index contributed by atoms with van der Waals surface area (Å²) >= 11 is 1.42. The van der Waals surface area contributed by atoms with Crippen LogP contribution in [-0.4, -0.2) is 47.5 Å². The Morgan fingerprint density at radius 2 is 2.28 bits per heavy atom. The lowest BCUT2D eigenvalue weighted by molar-refractivity contribution is -0.117. The molecular formula is C17H21N3O4S. The third kappa shape index (κ3) is 4.46. The van der Waals surface area contributed by atoms with Crippen molar-refractivity contribution in [2.75, 3.05) is 25.0 Å². The highest BCUT2D eigenvalue weighted by Crippen LogP contribution is 2.21. The molecule has 0 bridgehead atoms. The predicted octanol–water partition coefficient (Wildman–Crippen LogP) is 2.61. The van der Waals surface area contributed by atoms with E-state index in [1.165, 1.54) is 22.5 Å². The molecule has 1 fully saturated rings.